The molecule has 0 spiro atoms. The van der Waals surface area contributed by atoms with E-state index in [0.29, 0.717) is 22.2 Å². The van der Waals surface area contributed by atoms with Crippen LogP contribution in [-0.2, 0) is 4.79 Å². The molecule has 0 saturated heterocycles. The van der Waals surface area contributed by atoms with Crippen molar-refractivity contribution >= 4 is 29.1 Å². The van der Waals surface area contributed by atoms with E-state index < -0.39 is 6.10 Å². The Balaban J connectivity index is 2.14. The van der Waals surface area contributed by atoms with E-state index in [-0.39, 0.29) is 18.4 Å². The van der Waals surface area contributed by atoms with Crippen molar-refractivity contribution in [1.82, 2.24) is 9.88 Å². The summed E-state index contributed by atoms with van der Waals surface area (Å²) in [5.41, 5.74) is 1.50. The minimum Gasteiger partial charge on any atom is -0.386 e. The largest absolute Gasteiger partial charge is 0.386 e. The van der Waals surface area contributed by atoms with Gasteiger partial charge in [0, 0.05) is 24.5 Å². The zero-order valence-corrected chi connectivity index (χ0v) is 15.8. The van der Waals surface area contributed by atoms with Gasteiger partial charge in [-0.15, -0.1) is 0 Å². The second-order valence-corrected chi connectivity index (χ2v) is 6.80. The number of hydrogen-bond donors (Lipinski definition) is 1. The summed E-state index contributed by atoms with van der Waals surface area (Å²) in [4.78, 5) is 18.6. The Labute approximate surface area is 158 Å². The fourth-order valence-electron chi connectivity index (χ4n) is 2.65. The van der Waals surface area contributed by atoms with Crippen LogP contribution in [-0.4, -0.2) is 34.0 Å². The second-order valence-electron chi connectivity index (χ2n) is 5.98. The van der Waals surface area contributed by atoms with Crippen LogP contribution in [0.2, 0.25) is 10.0 Å². The summed E-state index contributed by atoms with van der Waals surface area (Å²) in [5.74, 6) is -0.425. The van der Waals surface area contributed by atoms with Crippen molar-refractivity contribution in [2.75, 3.05) is 13.1 Å². The fraction of sp³-hybridized carbons (Fsp3) is 0.368. The summed E-state index contributed by atoms with van der Waals surface area (Å²) in [6.07, 6.45) is 3.30. The van der Waals surface area contributed by atoms with Gasteiger partial charge >= 0.3 is 0 Å². The highest BCUT2D eigenvalue weighted by atomic mass is 35.5. The van der Waals surface area contributed by atoms with Crippen LogP contribution in [0.4, 0.5) is 0 Å². The quantitative estimate of drug-likeness (QED) is 0.770. The molecule has 1 N–H and O–H groups in total. The van der Waals surface area contributed by atoms with Gasteiger partial charge in [-0.1, -0.05) is 42.3 Å². The van der Waals surface area contributed by atoms with Gasteiger partial charge in [0.25, 0.3) is 0 Å². The van der Waals surface area contributed by atoms with Crippen molar-refractivity contribution < 1.29 is 9.90 Å². The first-order valence-corrected chi connectivity index (χ1v) is 9.01. The van der Waals surface area contributed by atoms with Crippen LogP contribution in [0, 0.1) is 0 Å². The number of aromatic nitrogens is 1. The lowest BCUT2D eigenvalue weighted by molar-refractivity contribution is -0.134. The van der Waals surface area contributed by atoms with Crippen molar-refractivity contribution in [1.29, 1.82) is 0 Å². The summed E-state index contributed by atoms with van der Waals surface area (Å²) in [6.45, 7) is 4.63. The Morgan fingerprint density at radius 3 is 2.60 bits per heavy atom. The van der Waals surface area contributed by atoms with Crippen LogP contribution < -0.4 is 0 Å². The Bertz CT molecular complexity index is 710. The summed E-state index contributed by atoms with van der Waals surface area (Å²) < 4.78 is 0. The molecule has 0 aliphatic heterocycles. The van der Waals surface area contributed by atoms with E-state index in [1.807, 2.05) is 13.8 Å². The Morgan fingerprint density at radius 2 is 2.00 bits per heavy atom. The highest BCUT2D eigenvalue weighted by Gasteiger charge is 2.24. The highest BCUT2D eigenvalue weighted by Crippen LogP contribution is 2.28. The Kier molecular flexibility index (Phi) is 7.24. The van der Waals surface area contributed by atoms with E-state index in [1.165, 1.54) is 0 Å². The number of aliphatic hydroxyl groups is 1. The van der Waals surface area contributed by atoms with Crippen LogP contribution in [0.5, 0.6) is 0 Å². The van der Waals surface area contributed by atoms with Crippen molar-refractivity contribution in [3.05, 3.63) is 63.9 Å². The molecule has 0 aliphatic rings. The zero-order chi connectivity index (χ0) is 18.4. The minimum atomic E-state index is -0.773. The van der Waals surface area contributed by atoms with E-state index >= 15 is 0 Å². The smallest absolute Gasteiger partial charge is 0.229 e. The van der Waals surface area contributed by atoms with Crippen LogP contribution >= 0.6 is 23.2 Å². The molecule has 0 radical (unpaired) electrons. The molecular formula is C19H22Cl2N2O2. The zero-order valence-electron chi connectivity index (χ0n) is 14.3. The van der Waals surface area contributed by atoms with E-state index in [2.05, 4.69) is 4.98 Å². The minimum absolute atomic E-state index is 0.0526. The van der Waals surface area contributed by atoms with E-state index in [1.54, 1.807) is 47.6 Å². The van der Waals surface area contributed by atoms with Crippen molar-refractivity contribution in [2.24, 2.45) is 0 Å². The second kappa shape index (κ2) is 9.18. The molecule has 0 saturated carbocycles. The summed E-state index contributed by atoms with van der Waals surface area (Å²) in [6, 6.07) is 8.78. The molecule has 25 heavy (non-hydrogen) atoms. The molecule has 0 aliphatic carbocycles. The maximum atomic E-state index is 12.9. The highest BCUT2D eigenvalue weighted by molar-refractivity contribution is 6.42. The van der Waals surface area contributed by atoms with Gasteiger partial charge in [-0.2, -0.15) is 0 Å². The summed E-state index contributed by atoms with van der Waals surface area (Å²) in [5, 5.41) is 11.3. The number of halogens is 2. The molecular weight excluding hydrogens is 359 g/mol. The Morgan fingerprint density at radius 1 is 1.24 bits per heavy atom. The van der Waals surface area contributed by atoms with Gasteiger partial charge in [-0.05, 0) is 37.1 Å². The molecule has 2 rings (SSSR count). The molecule has 6 heteroatoms. The fourth-order valence-corrected chi connectivity index (χ4v) is 2.95. The Hall–Kier alpha value is -1.62. The third kappa shape index (κ3) is 5.18. The molecule has 1 heterocycles. The first-order valence-electron chi connectivity index (χ1n) is 8.25. The van der Waals surface area contributed by atoms with Crippen molar-refractivity contribution in [2.45, 2.75) is 32.3 Å². The summed E-state index contributed by atoms with van der Waals surface area (Å²) in [7, 11) is 0. The lowest BCUT2D eigenvalue weighted by atomic mass is 9.99. The molecule has 2 aromatic rings. The molecule has 4 nitrogen and oxygen atoms in total. The number of carbonyl (C=O) groups excluding carboxylic acids is 1. The van der Waals surface area contributed by atoms with Crippen LogP contribution in [0.15, 0.2) is 42.7 Å². The molecule has 2 atom stereocenters. The predicted molar refractivity (Wildman–Crippen MR) is 101 cm³/mol. The number of aliphatic hydroxyl groups excluding tert-OH is 1. The van der Waals surface area contributed by atoms with Crippen LogP contribution in [0.3, 0.4) is 0 Å². The maximum Gasteiger partial charge on any atom is 0.229 e. The van der Waals surface area contributed by atoms with Crippen molar-refractivity contribution in [3.8, 4) is 0 Å². The monoisotopic (exact) mass is 380 g/mol. The molecule has 2 unspecified atom stereocenters. The standard InChI is InChI=1S/C19H22Cl2N2O2/c1-3-9-23(12-18(24)15-5-4-8-22-11-15)19(25)13(2)14-6-7-16(20)17(21)10-14/h4-8,10-11,13,18,24H,3,9,12H2,1-2H3. The van der Waals surface area contributed by atoms with Gasteiger partial charge in [0.1, 0.15) is 0 Å². The third-order valence-corrected chi connectivity index (χ3v) is 4.82. The molecule has 1 aromatic carbocycles. The molecule has 0 bridgehead atoms. The lowest BCUT2D eigenvalue weighted by Crippen LogP contribution is -2.38. The van der Waals surface area contributed by atoms with Gasteiger partial charge in [0.05, 0.1) is 28.6 Å². The molecule has 1 aromatic heterocycles. The number of pyridine rings is 1. The molecule has 134 valence electrons. The van der Waals surface area contributed by atoms with E-state index in [0.717, 1.165) is 12.0 Å². The molecule has 1 amide bonds. The van der Waals surface area contributed by atoms with Gasteiger partial charge < -0.3 is 10.0 Å². The van der Waals surface area contributed by atoms with E-state index in [4.69, 9.17) is 23.2 Å². The predicted octanol–water partition coefficient (Wildman–Crippen LogP) is 4.46. The number of hydrogen-bond acceptors (Lipinski definition) is 3. The maximum absolute atomic E-state index is 12.9. The van der Waals surface area contributed by atoms with Gasteiger partial charge in [0.15, 0.2) is 0 Å². The summed E-state index contributed by atoms with van der Waals surface area (Å²) >= 11 is 12.0. The number of benzene rings is 1. The first-order chi connectivity index (χ1) is 11.9. The van der Waals surface area contributed by atoms with Crippen LogP contribution in [0.25, 0.3) is 0 Å². The van der Waals surface area contributed by atoms with E-state index in [9.17, 15) is 9.90 Å². The normalized spacial score (nSPS) is 13.3. The van der Waals surface area contributed by atoms with Crippen molar-refractivity contribution in [3.63, 3.8) is 0 Å². The van der Waals surface area contributed by atoms with Crippen LogP contribution in [0.1, 0.15) is 43.4 Å². The molecule has 0 fully saturated rings. The number of nitrogens with zero attached hydrogens (tertiary/aromatic N) is 2. The lowest BCUT2D eigenvalue weighted by Gasteiger charge is -2.28. The average Bonchev–Trinajstić information content (AvgIpc) is 2.63. The van der Waals surface area contributed by atoms with Gasteiger partial charge in [-0.25, -0.2) is 0 Å². The number of rotatable bonds is 7. The topological polar surface area (TPSA) is 53.4 Å². The average molecular weight is 381 g/mol. The first kappa shape index (κ1) is 19.7. The third-order valence-electron chi connectivity index (χ3n) is 4.08. The van der Waals surface area contributed by atoms with Gasteiger partial charge in [-0.3, -0.25) is 9.78 Å². The number of carbonyl (C=O) groups is 1. The van der Waals surface area contributed by atoms with Gasteiger partial charge in [0.2, 0.25) is 5.91 Å². The number of amides is 1. The SMILES string of the molecule is CCCN(CC(O)c1cccnc1)C(=O)C(C)c1ccc(Cl)c(Cl)c1.